The highest BCUT2D eigenvalue weighted by atomic mass is 127. The second kappa shape index (κ2) is 8.37. The first kappa shape index (κ1) is 18.0. The van der Waals surface area contributed by atoms with Gasteiger partial charge in [-0.05, 0) is 12.5 Å². The van der Waals surface area contributed by atoms with Gasteiger partial charge in [0.05, 0.1) is 12.7 Å². The van der Waals surface area contributed by atoms with Gasteiger partial charge in [-0.1, -0.05) is 5.11 Å². The smallest absolute Gasteiger partial charge is 0.303 e. The summed E-state index contributed by atoms with van der Waals surface area (Å²) in [6, 6.07) is -0.797. The van der Waals surface area contributed by atoms with Crippen molar-refractivity contribution in [1.29, 1.82) is 0 Å². The molecule has 9 nitrogen and oxygen atoms in total. The zero-order valence-corrected chi connectivity index (χ0v) is 13.9. The zero-order valence-electron chi connectivity index (χ0n) is 11.8. The molecule has 0 saturated carbocycles. The Morgan fingerprint density at radius 2 is 1.86 bits per heavy atom. The van der Waals surface area contributed by atoms with Gasteiger partial charge >= 0.3 is 11.9 Å². The van der Waals surface area contributed by atoms with Crippen LogP contribution in [-0.4, -0.2) is 49.0 Å². The minimum absolute atomic E-state index is 0.129. The minimum Gasteiger partial charge on any atom is -0.458 e. The van der Waals surface area contributed by atoms with E-state index in [1.165, 1.54) is 13.8 Å². The molecule has 1 fully saturated rings. The summed E-state index contributed by atoms with van der Waals surface area (Å²) in [5, 5.41) is 3.60. The Morgan fingerprint density at radius 3 is 2.33 bits per heavy atom. The van der Waals surface area contributed by atoms with E-state index in [4.69, 9.17) is 22.8 Å². The number of esters is 2. The molecule has 1 aliphatic heterocycles. The quantitative estimate of drug-likeness (QED) is 0.222. The van der Waals surface area contributed by atoms with Crippen LogP contribution in [0.4, 0.5) is 0 Å². The van der Waals surface area contributed by atoms with Crippen LogP contribution in [0.25, 0.3) is 10.4 Å². The van der Waals surface area contributed by atoms with E-state index in [0.717, 1.165) is 0 Å². The Kier molecular flexibility index (Phi) is 7.15. The summed E-state index contributed by atoms with van der Waals surface area (Å²) in [6.07, 6.45) is -2.99. The van der Waals surface area contributed by atoms with E-state index in [1.54, 1.807) is 29.9 Å². The van der Waals surface area contributed by atoms with Crippen LogP contribution in [0.5, 0.6) is 0 Å². The lowest BCUT2D eigenvalue weighted by Gasteiger charge is -2.42. The molecule has 1 rings (SSSR count). The zero-order chi connectivity index (χ0) is 16.0. The molecule has 10 heteroatoms. The van der Waals surface area contributed by atoms with Crippen molar-refractivity contribution >= 4 is 34.9 Å². The third-order valence-electron chi connectivity index (χ3n) is 2.91. The summed E-state index contributed by atoms with van der Waals surface area (Å²) in [6.45, 7) is 4.26. The van der Waals surface area contributed by atoms with E-state index in [2.05, 4.69) is 10.0 Å². The maximum Gasteiger partial charge on any atom is 0.303 e. The molecular formula is C11H16IN3O6. The fourth-order valence-electron chi connectivity index (χ4n) is 2.19. The van der Waals surface area contributed by atoms with Crippen LogP contribution >= 0.6 is 23.0 Å². The first-order valence-corrected chi connectivity index (χ1v) is 7.06. The lowest BCUT2D eigenvalue weighted by molar-refractivity contribution is -0.212. The number of hydrogen-bond donors (Lipinski definition) is 0. The van der Waals surface area contributed by atoms with Crippen molar-refractivity contribution < 1.29 is 26.9 Å². The maximum absolute atomic E-state index is 11.3. The van der Waals surface area contributed by atoms with Crippen LogP contribution in [-0.2, 0) is 26.9 Å². The molecule has 0 aromatic heterocycles. The van der Waals surface area contributed by atoms with Gasteiger partial charge in [-0.15, -0.1) is 0 Å². The second-order valence-electron chi connectivity index (χ2n) is 4.50. The van der Waals surface area contributed by atoms with Crippen molar-refractivity contribution in [1.82, 2.24) is 0 Å². The van der Waals surface area contributed by atoms with Crippen LogP contribution in [0.2, 0.25) is 0 Å². The van der Waals surface area contributed by atoms with Crippen molar-refractivity contribution in [2.24, 2.45) is 5.11 Å². The van der Waals surface area contributed by atoms with Gasteiger partial charge in [0.2, 0.25) is 0 Å². The van der Waals surface area contributed by atoms with Gasteiger partial charge in [0, 0.05) is 18.8 Å². The third kappa shape index (κ3) is 4.99. The summed E-state index contributed by atoms with van der Waals surface area (Å²) < 4.78 is 21.0. The number of nitrogens with zero attached hydrogens (tertiary/aromatic N) is 3. The number of carbonyl (C=O) groups is 2. The highest BCUT2D eigenvalue weighted by Crippen LogP contribution is 2.29. The highest BCUT2D eigenvalue weighted by Gasteiger charge is 2.48. The van der Waals surface area contributed by atoms with Crippen molar-refractivity contribution in [3.8, 4) is 0 Å². The standard InChI is InChI=1S/C11H16IN3O6/c1-5-9(14-15-13)11(21-7(3)17)10(20-6(2)16)8(19-5)4-18-12/h5,8-11H,4H2,1-3H3/t5-,8?,9?,10+,11?/m0/s1. The van der Waals surface area contributed by atoms with Crippen LogP contribution in [0.15, 0.2) is 5.11 Å². The molecule has 0 aromatic carbocycles. The van der Waals surface area contributed by atoms with E-state index in [0.29, 0.717) is 0 Å². The molecule has 3 unspecified atom stereocenters. The number of hydrogen-bond acceptors (Lipinski definition) is 7. The lowest BCUT2D eigenvalue weighted by atomic mass is 9.93. The maximum atomic E-state index is 11.3. The third-order valence-corrected chi connectivity index (χ3v) is 3.27. The van der Waals surface area contributed by atoms with E-state index < -0.39 is 42.4 Å². The summed E-state index contributed by atoms with van der Waals surface area (Å²) in [5.74, 6) is -1.13. The molecular weight excluding hydrogens is 397 g/mol. The van der Waals surface area contributed by atoms with E-state index in [9.17, 15) is 9.59 Å². The summed E-state index contributed by atoms with van der Waals surface area (Å²) >= 11 is 1.68. The van der Waals surface area contributed by atoms with Crippen LogP contribution in [0, 0.1) is 0 Å². The predicted octanol–water partition coefficient (Wildman–Crippen LogP) is 1.68. The highest BCUT2D eigenvalue weighted by molar-refractivity contribution is 14.1. The normalized spacial score (nSPS) is 31.9. The molecule has 0 spiro atoms. The summed E-state index contributed by atoms with van der Waals surface area (Å²) in [4.78, 5) is 25.3. The molecule has 0 aromatic rings. The van der Waals surface area contributed by atoms with Crippen molar-refractivity contribution in [3.05, 3.63) is 10.4 Å². The van der Waals surface area contributed by atoms with E-state index >= 15 is 0 Å². The Hall–Kier alpha value is -1.10. The molecule has 1 aliphatic rings. The molecule has 21 heavy (non-hydrogen) atoms. The van der Waals surface area contributed by atoms with Gasteiger partial charge in [-0.3, -0.25) is 9.59 Å². The van der Waals surface area contributed by atoms with Crippen molar-refractivity contribution in [2.45, 2.75) is 51.2 Å². The van der Waals surface area contributed by atoms with Gasteiger partial charge in [0.25, 0.3) is 0 Å². The molecule has 5 atom stereocenters. The van der Waals surface area contributed by atoms with E-state index in [-0.39, 0.29) is 6.61 Å². The average Bonchev–Trinajstić information content (AvgIpc) is 2.37. The van der Waals surface area contributed by atoms with Gasteiger partial charge < -0.3 is 17.3 Å². The number of rotatable bonds is 5. The van der Waals surface area contributed by atoms with Crippen LogP contribution in [0.3, 0.4) is 0 Å². The van der Waals surface area contributed by atoms with Crippen LogP contribution in [0.1, 0.15) is 20.8 Å². The SMILES string of the molecule is CC(=O)OC1C(N=[N+]=[N-])[C@H](C)OC(COI)[C@H]1OC(C)=O. The van der Waals surface area contributed by atoms with Crippen LogP contribution < -0.4 is 0 Å². The minimum atomic E-state index is -0.928. The lowest BCUT2D eigenvalue weighted by Crippen LogP contribution is -2.59. The average molecular weight is 413 g/mol. The predicted molar refractivity (Wildman–Crippen MR) is 78.3 cm³/mol. The monoisotopic (exact) mass is 413 g/mol. The Balaban J connectivity index is 3.11. The molecule has 1 saturated heterocycles. The first-order valence-electron chi connectivity index (χ1n) is 6.18. The van der Waals surface area contributed by atoms with Crippen molar-refractivity contribution in [3.63, 3.8) is 0 Å². The molecule has 118 valence electrons. The van der Waals surface area contributed by atoms with E-state index in [1.807, 2.05) is 0 Å². The van der Waals surface area contributed by atoms with Gasteiger partial charge in [-0.25, -0.2) is 0 Å². The Bertz CT molecular complexity index is 442. The molecule has 0 bridgehead atoms. The Morgan fingerprint density at radius 1 is 1.29 bits per heavy atom. The van der Waals surface area contributed by atoms with Crippen molar-refractivity contribution in [2.75, 3.05) is 6.61 Å². The number of ether oxygens (including phenoxy) is 3. The molecule has 0 amide bonds. The molecule has 0 radical (unpaired) electrons. The number of azide groups is 1. The fraction of sp³-hybridized carbons (Fsp3) is 0.818. The largest absolute Gasteiger partial charge is 0.458 e. The summed E-state index contributed by atoms with van der Waals surface area (Å²) in [5.41, 5.74) is 8.65. The Labute approximate surface area is 135 Å². The molecule has 0 N–H and O–H groups in total. The fourth-order valence-corrected chi connectivity index (χ4v) is 2.54. The second-order valence-corrected chi connectivity index (χ2v) is 5.12. The topological polar surface area (TPSA) is 120 Å². The summed E-state index contributed by atoms with van der Waals surface area (Å²) in [7, 11) is 0. The number of halogens is 1. The first-order chi connectivity index (χ1) is 9.90. The van der Waals surface area contributed by atoms with Gasteiger partial charge in [0.1, 0.15) is 35.2 Å². The van der Waals surface area contributed by atoms with Gasteiger partial charge in [-0.2, -0.15) is 0 Å². The number of carbonyl (C=O) groups excluding carboxylic acids is 2. The molecule has 0 aliphatic carbocycles. The molecule has 1 heterocycles. The van der Waals surface area contributed by atoms with Gasteiger partial charge in [0.15, 0.2) is 12.2 Å².